The van der Waals surface area contributed by atoms with Crippen LogP contribution in [0.1, 0.15) is 22.9 Å². The standard InChI is InChI=1S/C21H23NO2S/c1-2-23-20-12-6-10-18(14-22-15-19-11-7-13-25-19)21(20)24-16-17-8-4-3-5-9-17/h3-13,22H,2,14-16H2,1H3/p+1. The average molecular weight is 354 g/mol. The lowest BCUT2D eigenvalue weighted by molar-refractivity contribution is -0.685. The molecular formula is C21H24NO2S+. The van der Waals surface area contributed by atoms with Gasteiger partial charge in [0, 0.05) is 0 Å². The zero-order valence-corrected chi connectivity index (χ0v) is 15.3. The summed E-state index contributed by atoms with van der Waals surface area (Å²) >= 11 is 1.79. The van der Waals surface area contributed by atoms with E-state index in [1.54, 1.807) is 11.3 Å². The van der Waals surface area contributed by atoms with Crippen molar-refractivity contribution in [2.45, 2.75) is 26.6 Å². The van der Waals surface area contributed by atoms with E-state index >= 15 is 0 Å². The van der Waals surface area contributed by atoms with Crippen molar-refractivity contribution in [2.75, 3.05) is 6.61 Å². The minimum absolute atomic E-state index is 0.544. The Hall–Kier alpha value is -2.30. The molecule has 0 radical (unpaired) electrons. The van der Waals surface area contributed by atoms with Crippen molar-refractivity contribution in [3.05, 3.63) is 82.0 Å². The fraction of sp³-hybridized carbons (Fsp3) is 0.238. The van der Waals surface area contributed by atoms with Crippen LogP contribution in [0.15, 0.2) is 66.0 Å². The third-order valence-electron chi connectivity index (χ3n) is 3.88. The maximum atomic E-state index is 6.15. The minimum Gasteiger partial charge on any atom is -0.490 e. The van der Waals surface area contributed by atoms with Gasteiger partial charge in [-0.25, -0.2) is 0 Å². The summed E-state index contributed by atoms with van der Waals surface area (Å²) in [6.45, 7) is 5.01. The first-order chi connectivity index (χ1) is 12.4. The number of para-hydroxylation sites is 1. The van der Waals surface area contributed by atoms with Crippen LogP contribution >= 0.6 is 11.3 Å². The minimum atomic E-state index is 0.544. The SMILES string of the molecule is CCOc1cccc(C[NH2+]Cc2cccs2)c1OCc1ccccc1. The van der Waals surface area contributed by atoms with Crippen molar-refractivity contribution in [1.29, 1.82) is 0 Å². The zero-order valence-electron chi connectivity index (χ0n) is 14.5. The van der Waals surface area contributed by atoms with Crippen LogP contribution < -0.4 is 14.8 Å². The molecule has 3 rings (SSSR count). The Morgan fingerprint density at radius 3 is 2.52 bits per heavy atom. The van der Waals surface area contributed by atoms with Crippen molar-refractivity contribution < 1.29 is 14.8 Å². The molecule has 0 aliphatic heterocycles. The van der Waals surface area contributed by atoms with Crippen LogP contribution in [-0.4, -0.2) is 6.61 Å². The van der Waals surface area contributed by atoms with E-state index in [9.17, 15) is 0 Å². The summed E-state index contributed by atoms with van der Waals surface area (Å²) in [6, 6.07) is 20.6. The number of nitrogens with two attached hydrogens (primary N) is 1. The van der Waals surface area contributed by atoms with E-state index in [-0.39, 0.29) is 0 Å². The topological polar surface area (TPSA) is 35.1 Å². The fourth-order valence-corrected chi connectivity index (χ4v) is 3.39. The summed E-state index contributed by atoms with van der Waals surface area (Å²) in [5, 5.41) is 4.42. The third-order valence-corrected chi connectivity index (χ3v) is 4.77. The van der Waals surface area contributed by atoms with Gasteiger partial charge in [0.05, 0.1) is 17.0 Å². The molecule has 0 saturated heterocycles. The van der Waals surface area contributed by atoms with Gasteiger partial charge in [-0.05, 0) is 36.1 Å². The molecule has 0 unspecified atom stereocenters. The fourth-order valence-electron chi connectivity index (χ4n) is 2.68. The van der Waals surface area contributed by atoms with Gasteiger partial charge in [-0.3, -0.25) is 0 Å². The largest absolute Gasteiger partial charge is 0.490 e. The molecule has 0 fully saturated rings. The maximum Gasteiger partial charge on any atom is 0.170 e. The molecule has 0 amide bonds. The van der Waals surface area contributed by atoms with E-state index < -0.39 is 0 Å². The van der Waals surface area contributed by atoms with Crippen LogP contribution in [0.5, 0.6) is 11.5 Å². The Morgan fingerprint density at radius 2 is 1.76 bits per heavy atom. The van der Waals surface area contributed by atoms with Gasteiger partial charge in [0.25, 0.3) is 0 Å². The van der Waals surface area contributed by atoms with Crippen LogP contribution in [0.3, 0.4) is 0 Å². The first kappa shape index (κ1) is 17.5. The first-order valence-electron chi connectivity index (χ1n) is 8.62. The number of quaternary nitrogens is 1. The number of hydrogen-bond donors (Lipinski definition) is 1. The summed E-state index contributed by atoms with van der Waals surface area (Å²) in [7, 11) is 0. The van der Waals surface area contributed by atoms with Gasteiger partial charge in [-0.1, -0.05) is 42.5 Å². The second kappa shape index (κ2) is 9.25. The number of hydrogen-bond acceptors (Lipinski definition) is 3. The van der Waals surface area contributed by atoms with Crippen molar-refractivity contribution >= 4 is 11.3 Å². The molecule has 3 nitrogen and oxygen atoms in total. The predicted molar refractivity (Wildman–Crippen MR) is 102 cm³/mol. The lowest BCUT2D eigenvalue weighted by atomic mass is 10.1. The van der Waals surface area contributed by atoms with Crippen LogP contribution in [0.25, 0.3) is 0 Å². The van der Waals surface area contributed by atoms with Crippen molar-refractivity contribution in [1.82, 2.24) is 0 Å². The molecule has 0 aliphatic rings. The van der Waals surface area contributed by atoms with Gasteiger partial charge in [0.15, 0.2) is 11.5 Å². The molecule has 2 N–H and O–H groups in total. The van der Waals surface area contributed by atoms with Gasteiger partial charge >= 0.3 is 0 Å². The molecule has 1 heterocycles. The van der Waals surface area contributed by atoms with Gasteiger partial charge in [-0.15, -0.1) is 11.3 Å². The molecule has 0 saturated carbocycles. The molecular weight excluding hydrogens is 330 g/mol. The summed E-state index contributed by atoms with van der Waals surface area (Å²) in [5.74, 6) is 1.68. The van der Waals surface area contributed by atoms with E-state index in [1.165, 1.54) is 10.4 Å². The molecule has 0 atom stereocenters. The van der Waals surface area contributed by atoms with Gasteiger partial charge in [-0.2, -0.15) is 0 Å². The normalized spacial score (nSPS) is 10.6. The third kappa shape index (κ3) is 5.08. The van der Waals surface area contributed by atoms with E-state index in [0.717, 1.165) is 30.2 Å². The molecule has 1 aromatic heterocycles. The summed E-state index contributed by atoms with van der Waals surface area (Å²) < 4.78 is 11.9. The van der Waals surface area contributed by atoms with Crippen LogP contribution in [-0.2, 0) is 19.7 Å². The zero-order chi connectivity index (χ0) is 17.3. The van der Waals surface area contributed by atoms with Crippen LogP contribution in [0.2, 0.25) is 0 Å². The molecule has 0 spiro atoms. The molecule has 3 aromatic rings. The van der Waals surface area contributed by atoms with Gasteiger partial charge in [0.2, 0.25) is 0 Å². The quantitative estimate of drug-likeness (QED) is 0.631. The average Bonchev–Trinajstić information content (AvgIpc) is 3.16. The molecule has 2 aromatic carbocycles. The molecule has 25 heavy (non-hydrogen) atoms. The Kier molecular flexibility index (Phi) is 6.48. The monoisotopic (exact) mass is 354 g/mol. The second-order valence-corrected chi connectivity index (χ2v) is 6.76. The Bertz CT molecular complexity index is 757. The Morgan fingerprint density at radius 1 is 0.880 bits per heavy atom. The highest BCUT2D eigenvalue weighted by Gasteiger charge is 2.13. The Labute approximate surface area is 153 Å². The van der Waals surface area contributed by atoms with Crippen LogP contribution in [0, 0.1) is 0 Å². The van der Waals surface area contributed by atoms with Crippen molar-refractivity contribution in [3.8, 4) is 11.5 Å². The smallest absolute Gasteiger partial charge is 0.170 e. The first-order valence-corrected chi connectivity index (χ1v) is 9.50. The number of ether oxygens (including phenoxy) is 2. The van der Waals surface area contributed by atoms with Crippen LogP contribution in [0.4, 0.5) is 0 Å². The van der Waals surface area contributed by atoms with Crippen molar-refractivity contribution in [3.63, 3.8) is 0 Å². The number of rotatable bonds is 9. The predicted octanol–water partition coefficient (Wildman–Crippen LogP) is 3.99. The van der Waals surface area contributed by atoms with E-state index in [4.69, 9.17) is 9.47 Å². The summed E-state index contributed by atoms with van der Waals surface area (Å²) in [5.41, 5.74) is 2.32. The highest BCUT2D eigenvalue weighted by molar-refractivity contribution is 7.09. The Balaban J connectivity index is 1.70. The molecule has 0 bridgehead atoms. The van der Waals surface area contributed by atoms with E-state index in [2.05, 4.69) is 41.0 Å². The van der Waals surface area contributed by atoms with Gasteiger partial charge in [0.1, 0.15) is 19.7 Å². The lowest BCUT2D eigenvalue weighted by Gasteiger charge is -2.15. The number of thiophene rings is 1. The number of benzene rings is 2. The highest BCUT2D eigenvalue weighted by atomic mass is 32.1. The summed E-state index contributed by atoms with van der Waals surface area (Å²) in [4.78, 5) is 1.38. The molecule has 0 aliphatic carbocycles. The summed E-state index contributed by atoms with van der Waals surface area (Å²) in [6.07, 6.45) is 0. The second-order valence-electron chi connectivity index (χ2n) is 5.73. The van der Waals surface area contributed by atoms with Crippen molar-refractivity contribution in [2.24, 2.45) is 0 Å². The molecule has 130 valence electrons. The van der Waals surface area contributed by atoms with Gasteiger partial charge < -0.3 is 14.8 Å². The highest BCUT2D eigenvalue weighted by Crippen LogP contribution is 2.31. The van der Waals surface area contributed by atoms with E-state index in [0.29, 0.717) is 13.2 Å². The maximum absolute atomic E-state index is 6.15. The van der Waals surface area contributed by atoms with E-state index in [1.807, 2.05) is 37.3 Å². The molecule has 4 heteroatoms. The lowest BCUT2D eigenvalue weighted by Crippen LogP contribution is -2.80.